The van der Waals surface area contributed by atoms with E-state index in [9.17, 15) is 9.18 Å². The Kier molecular flexibility index (Phi) is 2.98. The molecule has 0 radical (unpaired) electrons. The van der Waals surface area contributed by atoms with Gasteiger partial charge in [0.15, 0.2) is 6.29 Å². The lowest BCUT2D eigenvalue weighted by atomic mass is 10.1. The Labute approximate surface area is 78.7 Å². The van der Waals surface area contributed by atoms with Crippen LogP contribution >= 0.6 is 15.9 Å². The number of hydrogen-bond acceptors (Lipinski definition) is 1. The van der Waals surface area contributed by atoms with Crippen molar-refractivity contribution in [3.63, 3.8) is 0 Å². The van der Waals surface area contributed by atoms with Gasteiger partial charge in [0.1, 0.15) is 6.67 Å². The molecule has 1 aromatic carbocycles. The van der Waals surface area contributed by atoms with Crippen LogP contribution in [0.3, 0.4) is 0 Å². The zero-order valence-corrected chi connectivity index (χ0v) is 8.19. The van der Waals surface area contributed by atoms with Crippen LogP contribution < -0.4 is 0 Å². The molecule has 0 atom stereocenters. The van der Waals surface area contributed by atoms with Gasteiger partial charge in [-0.3, -0.25) is 4.79 Å². The van der Waals surface area contributed by atoms with Crippen molar-refractivity contribution in [1.29, 1.82) is 0 Å². The molecule has 0 fully saturated rings. The zero-order valence-electron chi connectivity index (χ0n) is 6.60. The van der Waals surface area contributed by atoms with E-state index < -0.39 is 6.67 Å². The van der Waals surface area contributed by atoms with Crippen molar-refractivity contribution in [1.82, 2.24) is 0 Å². The molecule has 0 aliphatic carbocycles. The molecular formula is C9H8BrFO. The van der Waals surface area contributed by atoms with Gasteiger partial charge in [0.05, 0.1) is 0 Å². The number of rotatable bonds is 2. The van der Waals surface area contributed by atoms with Crippen molar-refractivity contribution in [2.24, 2.45) is 0 Å². The monoisotopic (exact) mass is 230 g/mol. The third-order valence-electron chi connectivity index (χ3n) is 1.73. The van der Waals surface area contributed by atoms with Gasteiger partial charge in [-0.2, -0.15) is 0 Å². The van der Waals surface area contributed by atoms with Gasteiger partial charge in [0, 0.05) is 10.0 Å². The highest BCUT2D eigenvalue weighted by Gasteiger charge is 2.03. The Bertz CT molecular complexity index is 310. The number of benzene rings is 1. The van der Waals surface area contributed by atoms with Gasteiger partial charge < -0.3 is 0 Å². The van der Waals surface area contributed by atoms with E-state index in [1.54, 1.807) is 12.1 Å². The van der Waals surface area contributed by atoms with E-state index in [4.69, 9.17) is 0 Å². The van der Waals surface area contributed by atoms with Crippen molar-refractivity contribution < 1.29 is 9.18 Å². The average Bonchev–Trinajstić information content (AvgIpc) is 2.05. The van der Waals surface area contributed by atoms with Gasteiger partial charge in [-0.1, -0.05) is 15.9 Å². The Morgan fingerprint density at radius 1 is 1.58 bits per heavy atom. The first-order valence-corrected chi connectivity index (χ1v) is 4.28. The summed E-state index contributed by atoms with van der Waals surface area (Å²) in [6.45, 7) is 1.29. The van der Waals surface area contributed by atoms with Crippen LogP contribution in [0.25, 0.3) is 0 Å². The summed E-state index contributed by atoms with van der Waals surface area (Å²) in [5, 5.41) is 0. The predicted molar refractivity (Wildman–Crippen MR) is 49.1 cm³/mol. The number of hydrogen-bond donors (Lipinski definition) is 0. The Morgan fingerprint density at radius 3 is 2.75 bits per heavy atom. The molecule has 0 amide bonds. The van der Waals surface area contributed by atoms with Gasteiger partial charge in [-0.25, -0.2) is 4.39 Å². The molecule has 0 spiro atoms. The summed E-state index contributed by atoms with van der Waals surface area (Å²) in [6, 6.07) is 3.31. The Morgan fingerprint density at radius 2 is 2.25 bits per heavy atom. The summed E-state index contributed by atoms with van der Waals surface area (Å²) in [6.07, 6.45) is 0.711. The summed E-state index contributed by atoms with van der Waals surface area (Å²) in [5.74, 6) is 0. The molecule has 0 unspecified atom stereocenters. The van der Waals surface area contributed by atoms with Crippen molar-refractivity contribution in [2.75, 3.05) is 0 Å². The summed E-state index contributed by atoms with van der Waals surface area (Å²) < 4.78 is 13.0. The summed E-state index contributed by atoms with van der Waals surface area (Å²) in [4.78, 5) is 10.5. The Balaban J connectivity index is 3.26. The minimum Gasteiger partial charge on any atom is -0.298 e. The molecule has 3 heteroatoms. The van der Waals surface area contributed by atoms with Crippen LogP contribution in [0.15, 0.2) is 16.6 Å². The van der Waals surface area contributed by atoms with Crippen molar-refractivity contribution in [3.05, 3.63) is 33.3 Å². The van der Waals surface area contributed by atoms with Crippen LogP contribution in [0.4, 0.5) is 4.39 Å². The lowest BCUT2D eigenvalue weighted by Gasteiger charge is -2.03. The second-order valence-corrected chi connectivity index (χ2v) is 3.41. The molecule has 64 valence electrons. The number of carbonyl (C=O) groups excluding carboxylic acids is 1. The van der Waals surface area contributed by atoms with Crippen molar-refractivity contribution in [2.45, 2.75) is 13.6 Å². The first-order chi connectivity index (χ1) is 5.69. The second-order valence-electron chi connectivity index (χ2n) is 2.55. The first kappa shape index (κ1) is 9.39. The molecule has 0 heterocycles. The summed E-state index contributed by atoms with van der Waals surface area (Å²) in [7, 11) is 0. The van der Waals surface area contributed by atoms with Gasteiger partial charge in [-0.05, 0) is 30.2 Å². The molecule has 1 nitrogen and oxygen atoms in total. The van der Waals surface area contributed by atoms with Crippen LogP contribution in [-0.4, -0.2) is 6.29 Å². The number of aryl methyl sites for hydroxylation is 1. The zero-order chi connectivity index (χ0) is 9.14. The summed E-state index contributed by atoms with van der Waals surface area (Å²) >= 11 is 3.22. The van der Waals surface area contributed by atoms with E-state index in [1.807, 2.05) is 6.92 Å². The van der Waals surface area contributed by atoms with Crippen LogP contribution in [0.5, 0.6) is 0 Å². The van der Waals surface area contributed by atoms with Crippen LogP contribution in [0.1, 0.15) is 21.5 Å². The maximum absolute atomic E-state index is 12.3. The summed E-state index contributed by atoms with van der Waals surface area (Å²) in [5.41, 5.74) is 1.92. The molecule has 1 aromatic rings. The SMILES string of the molecule is Cc1cc(Br)c(C=O)cc1CF. The minimum atomic E-state index is -0.528. The number of carbonyl (C=O) groups is 1. The standard InChI is InChI=1S/C9H8BrFO/c1-6-2-9(10)8(5-12)3-7(6)4-11/h2-3,5H,4H2,1H3. The molecular weight excluding hydrogens is 223 g/mol. The van der Waals surface area contributed by atoms with Gasteiger partial charge >= 0.3 is 0 Å². The molecule has 0 saturated heterocycles. The largest absolute Gasteiger partial charge is 0.298 e. The number of alkyl halides is 1. The van der Waals surface area contributed by atoms with E-state index in [0.717, 1.165) is 5.56 Å². The predicted octanol–water partition coefficient (Wildman–Crippen LogP) is 3.04. The average molecular weight is 231 g/mol. The number of aldehydes is 1. The molecule has 0 aliphatic rings. The fraction of sp³-hybridized carbons (Fsp3) is 0.222. The minimum absolute atomic E-state index is 0.494. The molecule has 0 bridgehead atoms. The fourth-order valence-corrected chi connectivity index (χ4v) is 1.52. The second kappa shape index (κ2) is 3.81. The van der Waals surface area contributed by atoms with Gasteiger partial charge in [0.2, 0.25) is 0 Å². The maximum atomic E-state index is 12.3. The highest BCUT2D eigenvalue weighted by atomic mass is 79.9. The molecule has 0 saturated carbocycles. The number of halogens is 2. The molecule has 0 aromatic heterocycles. The van der Waals surface area contributed by atoms with E-state index in [-0.39, 0.29) is 0 Å². The smallest absolute Gasteiger partial charge is 0.151 e. The first-order valence-electron chi connectivity index (χ1n) is 3.49. The molecule has 0 aliphatic heterocycles. The molecule has 0 N–H and O–H groups in total. The maximum Gasteiger partial charge on any atom is 0.151 e. The quantitative estimate of drug-likeness (QED) is 0.715. The van der Waals surface area contributed by atoms with Crippen molar-refractivity contribution >= 4 is 22.2 Å². The van der Waals surface area contributed by atoms with E-state index in [0.29, 0.717) is 21.9 Å². The fourth-order valence-electron chi connectivity index (χ4n) is 0.971. The van der Waals surface area contributed by atoms with Crippen LogP contribution in [0.2, 0.25) is 0 Å². The third kappa shape index (κ3) is 1.72. The van der Waals surface area contributed by atoms with Crippen LogP contribution in [0, 0.1) is 6.92 Å². The Hall–Kier alpha value is -0.700. The van der Waals surface area contributed by atoms with E-state index >= 15 is 0 Å². The highest BCUT2D eigenvalue weighted by Crippen LogP contribution is 2.20. The van der Waals surface area contributed by atoms with Gasteiger partial charge in [0.25, 0.3) is 0 Å². The van der Waals surface area contributed by atoms with E-state index in [2.05, 4.69) is 15.9 Å². The normalized spacial score (nSPS) is 9.92. The van der Waals surface area contributed by atoms with Gasteiger partial charge in [-0.15, -0.1) is 0 Å². The topological polar surface area (TPSA) is 17.1 Å². The van der Waals surface area contributed by atoms with Crippen molar-refractivity contribution in [3.8, 4) is 0 Å². The third-order valence-corrected chi connectivity index (χ3v) is 2.41. The lowest BCUT2D eigenvalue weighted by molar-refractivity contribution is 0.112. The highest BCUT2D eigenvalue weighted by molar-refractivity contribution is 9.10. The van der Waals surface area contributed by atoms with Crippen LogP contribution in [-0.2, 0) is 6.67 Å². The molecule has 12 heavy (non-hydrogen) atoms. The van der Waals surface area contributed by atoms with E-state index in [1.165, 1.54) is 0 Å². The molecule has 1 rings (SSSR count). The lowest BCUT2D eigenvalue weighted by Crippen LogP contribution is -1.90.